The van der Waals surface area contributed by atoms with E-state index in [1.807, 2.05) is 0 Å². The molecule has 2 rings (SSSR count). The van der Waals surface area contributed by atoms with Crippen LogP contribution >= 0.6 is 11.6 Å². The summed E-state index contributed by atoms with van der Waals surface area (Å²) in [5, 5.41) is -0.0248. The SMILES string of the molecule is COc1ccc(C(=O)c2ccc(Cl)c(F)c2)c(OC)c1. The lowest BCUT2D eigenvalue weighted by molar-refractivity contribution is 0.103. The van der Waals surface area contributed by atoms with E-state index in [0.717, 1.165) is 6.07 Å². The molecule has 2 aromatic rings. The zero-order valence-electron chi connectivity index (χ0n) is 10.9. The number of methoxy groups -OCH3 is 2. The Hall–Kier alpha value is -2.07. The van der Waals surface area contributed by atoms with E-state index in [1.165, 1.54) is 26.4 Å². The van der Waals surface area contributed by atoms with E-state index < -0.39 is 5.82 Å². The third-order valence-electron chi connectivity index (χ3n) is 2.84. The van der Waals surface area contributed by atoms with E-state index in [0.29, 0.717) is 17.1 Å². The van der Waals surface area contributed by atoms with E-state index in [4.69, 9.17) is 21.1 Å². The summed E-state index contributed by atoms with van der Waals surface area (Å²) in [5.41, 5.74) is 0.533. The van der Waals surface area contributed by atoms with Gasteiger partial charge in [-0.3, -0.25) is 4.79 Å². The molecule has 5 heteroatoms. The standard InChI is InChI=1S/C15H12ClFO3/c1-19-10-4-5-11(14(8-10)20-2)15(18)9-3-6-12(16)13(17)7-9/h3-8H,1-2H3. The minimum Gasteiger partial charge on any atom is -0.497 e. The van der Waals surface area contributed by atoms with Gasteiger partial charge in [-0.2, -0.15) is 0 Å². The average Bonchev–Trinajstić information content (AvgIpc) is 2.48. The van der Waals surface area contributed by atoms with Crippen molar-refractivity contribution in [2.24, 2.45) is 0 Å². The van der Waals surface area contributed by atoms with Gasteiger partial charge in [0.2, 0.25) is 0 Å². The Morgan fingerprint density at radius 2 is 1.85 bits per heavy atom. The van der Waals surface area contributed by atoms with Crippen LogP contribution in [0.4, 0.5) is 4.39 Å². The van der Waals surface area contributed by atoms with Gasteiger partial charge in [0, 0.05) is 11.6 Å². The number of halogens is 2. The second-order valence-electron chi connectivity index (χ2n) is 4.02. The van der Waals surface area contributed by atoms with Gasteiger partial charge < -0.3 is 9.47 Å². The zero-order chi connectivity index (χ0) is 14.7. The second-order valence-corrected chi connectivity index (χ2v) is 4.43. The quantitative estimate of drug-likeness (QED) is 0.806. The molecular weight excluding hydrogens is 283 g/mol. The topological polar surface area (TPSA) is 35.5 Å². The molecule has 0 saturated carbocycles. The molecule has 20 heavy (non-hydrogen) atoms. The third-order valence-corrected chi connectivity index (χ3v) is 3.14. The third kappa shape index (κ3) is 2.75. The van der Waals surface area contributed by atoms with Gasteiger partial charge in [0.05, 0.1) is 24.8 Å². The molecule has 0 N–H and O–H groups in total. The zero-order valence-corrected chi connectivity index (χ0v) is 11.7. The highest BCUT2D eigenvalue weighted by molar-refractivity contribution is 6.30. The average molecular weight is 295 g/mol. The molecule has 0 radical (unpaired) electrons. The predicted molar refractivity (Wildman–Crippen MR) is 74.4 cm³/mol. The molecule has 2 aromatic carbocycles. The van der Waals surface area contributed by atoms with Crippen molar-refractivity contribution >= 4 is 17.4 Å². The summed E-state index contributed by atoms with van der Waals surface area (Å²) in [6.45, 7) is 0. The Bertz CT molecular complexity index is 656. The lowest BCUT2D eigenvalue weighted by atomic mass is 10.0. The Labute approximate surface area is 120 Å². The summed E-state index contributed by atoms with van der Waals surface area (Å²) in [5.74, 6) is -0.0459. The molecule has 0 aliphatic rings. The molecule has 0 amide bonds. The van der Waals surface area contributed by atoms with Gasteiger partial charge in [0.15, 0.2) is 5.78 Å². The van der Waals surface area contributed by atoms with Crippen LogP contribution in [0.1, 0.15) is 15.9 Å². The first-order valence-corrected chi connectivity index (χ1v) is 6.16. The number of benzene rings is 2. The van der Waals surface area contributed by atoms with E-state index in [2.05, 4.69) is 0 Å². The number of hydrogen-bond acceptors (Lipinski definition) is 3. The summed E-state index contributed by atoms with van der Waals surface area (Å²) < 4.78 is 23.6. The summed E-state index contributed by atoms with van der Waals surface area (Å²) in [6, 6.07) is 8.74. The van der Waals surface area contributed by atoms with Crippen LogP contribution in [0.3, 0.4) is 0 Å². The highest BCUT2D eigenvalue weighted by Gasteiger charge is 2.16. The monoisotopic (exact) mass is 294 g/mol. The summed E-state index contributed by atoms with van der Waals surface area (Å²) in [4.78, 5) is 12.4. The molecule has 0 spiro atoms. The summed E-state index contributed by atoms with van der Waals surface area (Å²) in [7, 11) is 2.97. The van der Waals surface area contributed by atoms with Crippen molar-refractivity contribution in [2.45, 2.75) is 0 Å². The van der Waals surface area contributed by atoms with Gasteiger partial charge >= 0.3 is 0 Å². The highest BCUT2D eigenvalue weighted by atomic mass is 35.5. The predicted octanol–water partition coefficient (Wildman–Crippen LogP) is 3.73. The van der Waals surface area contributed by atoms with E-state index in [-0.39, 0.29) is 16.4 Å². The number of carbonyl (C=O) groups is 1. The number of rotatable bonds is 4. The van der Waals surface area contributed by atoms with Crippen molar-refractivity contribution in [1.29, 1.82) is 0 Å². The second kappa shape index (κ2) is 5.92. The van der Waals surface area contributed by atoms with Crippen molar-refractivity contribution in [3.05, 3.63) is 58.4 Å². The van der Waals surface area contributed by atoms with E-state index in [1.54, 1.807) is 18.2 Å². The maximum atomic E-state index is 13.4. The van der Waals surface area contributed by atoms with Crippen LogP contribution in [0.5, 0.6) is 11.5 Å². The van der Waals surface area contributed by atoms with Crippen molar-refractivity contribution < 1.29 is 18.7 Å². The minimum atomic E-state index is -0.634. The minimum absolute atomic E-state index is 0.0248. The largest absolute Gasteiger partial charge is 0.497 e. The lowest BCUT2D eigenvalue weighted by Crippen LogP contribution is -2.04. The van der Waals surface area contributed by atoms with Crippen LogP contribution in [0, 0.1) is 5.82 Å². The van der Waals surface area contributed by atoms with Crippen LogP contribution in [-0.2, 0) is 0 Å². The molecule has 0 unspecified atom stereocenters. The number of carbonyl (C=O) groups excluding carboxylic acids is 1. The van der Waals surface area contributed by atoms with Crippen molar-refractivity contribution in [3.63, 3.8) is 0 Å². The maximum absolute atomic E-state index is 13.4. The fourth-order valence-electron chi connectivity index (χ4n) is 1.78. The van der Waals surface area contributed by atoms with E-state index in [9.17, 15) is 9.18 Å². The van der Waals surface area contributed by atoms with Crippen LogP contribution in [0.15, 0.2) is 36.4 Å². The van der Waals surface area contributed by atoms with Crippen LogP contribution in [-0.4, -0.2) is 20.0 Å². The van der Waals surface area contributed by atoms with Gasteiger partial charge in [0.25, 0.3) is 0 Å². The number of ether oxygens (including phenoxy) is 2. The van der Waals surface area contributed by atoms with Gasteiger partial charge in [0.1, 0.15) is 17.3 Å². The first kappa shape index (κ1) is 14.3. The van der Waals surface area contributed by atoms with Crippen molar-refractivity contribution in [1.82, 2.24) is 0 Å². The molecular formula is C15H12ClFO3. The van der Waals surface area contributed by atoms with Crippen LogP contribution in [0.25, 0.3) is 0 Å². The van der Waals surface area contributed by atoms with E-state index >= 15 is 0 Å². The van der Waals surface area contributed by atoms with Crippen LogP contribution in [0.2, 0.25) is 5.02 Å². The Balaban J connectivity index is 2.44. The number of ketones is 1. The molecule has 0 saturated heterocycles. The normalized spacial score (nSPS) is 10.2. The van der Waals surface area contributed by atoms with Gasteiger partial charge in [-0.25, -0.2) is 4.39 Å². The molecule has 0 aliphatic heterocycles. The molecule has 3 nitrogen and oxygen atoms in total. The Kier molecular flexibility index (Phi) is 4.25. The molecule has 0 aromatic heterocycles. The Morgan fingerprint density at radius 1 is 1.10 bits per heavy atom. The molecule has 104 valence electrons. The smallest absolute Gasteiger partial charge is 0.196 e. The molecule has 0 aliphatic carbocycles. The highest BCUT2D eigenvalue weighted by Crippen LogP contribution is 2.27. The van der Waals surface area contributed by atoms with Crippen molar-refractivity contribution in [2.75, 3.05) is 14.2 Å². The first-order chi connectivity index (χ1) is 9.56. The van der Waals surface area contributed by atoms with Crippen molar-refractivity contribution in [3.8, 4) is 11.5 Å². The van der Waals surface area contributed by atoms with Gasteiger partial charge in [-0.05, 0) is 30.3 Å². The van der Waals surface area contributed by atoms with Gasteiger partial charge in [-0.1, -0.05) is 11.6 Å². The maximum Gasteiger partial charge on any atom is 0.196 e. The number of hydrogen-bond donors (Lipinski definition) is 0. The van der Waals surface area contributed by atoms with Gasteiger partial charge in [-0.15, -0.1) is 0 Å². The van der Waals surface area contributed by atoms with Crippen LogP contribution < -0.4 is 9.47 Å². The fraction of sp³-hybridized carbons (Fsp3) is 0.133. The summed E-state index contributed by atoms with van der Waals surface area (Å²) in [6.07, 6.45) is 0. The molecule has 0 heterocycles. The molecule has 0 bridgehead atoms. The lowest BCUT2D eigenvalue weighted by Gasteiger charge is -2.10. The molecule has 0 atom stereocenters. The summed E-state index contributed by atoms with van der Waals surface area (Å²) >= 11 is 5.60. The fourth-order valence-corrected chi connectivity index (χ4v) is 1.90. The Morgan fingerprint density at radius 3 is 2.45 bits per heavy atom. The molecule has 0 fully saturated rings. The first-order valence-electron chi connectivity index (χ1n) is 5.78.